The molecule has 1 atom stereocenters. The molecule has 3 aromatic rings. The Kier molecular flexibility index (Phi) is 6.90. The first-order valence-electron chi connectivity index (χ1n) is 10.6. The molecule has 0 saturated heterocycles. The van der Waals surface area contributed by atoms with Gasteiger partial charge in [0.1, 0.15) is 0 Å². The number of esters is 1. The van der Waals surface area contributed by atoms with E-state index < -0.39 is 33.9 Å². The second kappa shape index (κ2) is 9.88. The molecule has 11 heteroatoms. The van der Waals surface area contributed by atoms with Gasteiger partial charge in [-0.15, -0.1) is 11.8 Å². The Balaban J connectivity index is 1.95. The number of carbonyl (C=O) groups is 1. The number of nitro groups is 1. The van der Waals surface area contributed by atoms with E-state index in [1.165, 1.54) is 28.8 Å². The summed E-state index contributed by atoms with van der Waals surface area (Å²) in [5.41, 5.74) is 0.651. The van der Waals surface area contributed by atoms with Crippen LogP contribution in [0.4, 0.5) is 5.69 Å². The minimum atomic E-state index is -0.762. The molecule has 1 N–H and O–H groups in total. The topological polar surface area (TPSA) is 124 Å². The zero-order valence-corrected chi connectivity index (χ0v) is 20.7. The fourth-order valence-electron chi connectivity index (χ4n) is 3.85. The summed E-state index contributed by atoms with van der Waals surface area (Å²) < 4.78 is 6.92. The Bertz CT molecular complexity index is 1540. The van der Waals surface area contributed by atoms with Crippen LogP contribution in [0.2, 0.25) is 0 Å². The van der Waals surface area contributed by atoms with Gasteiger partial charge < -0.3 is 9.84 Å². The smallest absolute Gasteiger partial charge is 0.338 e. The number of nitro benzene ring substituents is 1. The molecule has 1 aromatic heterocycles. The average molecular weight is 512 g/mol. The largest absolute Gasteiger partial charge is 0.502 e. The number of carbonyl (C=O) groups excluding carboxylic acids is 1. The average Bonchev–Trinajstić information content (AvgIpc) is 3.13. The molecule has 0 aliphatic carbocycles. The standard InChI is InChI=1S/C24H21N3O6S2/c1-4-33-23(30)19-13(2)25-24-26(20(19)14-8-10-16(34-3)11-9-14)22(29)18(35-24)12-15-6-5-7-17(21(15)28)27(31)32/h5-12,20,28H,4H2,1-3H3/t20-/m0/s1. The van der Waals surface area contributed by atoms with Crippen LogP contribution < -0.4 is 14.9 Å². The number of ether oxygens (including phenoxy) is 1. The predicted molar refractivity (Wildman–Crippen MR) is 133 cm³/mol. The third kappa shape index (κ3) is 4.52. The highest BCUT2D eigenvalue weighted by Gasteiger charge is 2.33. The second-order valence-corrected chi connectivity index (χ2v) is 9.44. The lowest BCUT2D eigenvalue weighted by molar-refractivity contribution is -0.385. The van der Waals surface area contributed by atoms with Gasteiger partial charge in [0.05, 0.1) is 33.4 Å². The first kappa shape index (κ1) is 24.4. The molecular formula is C24H21N3O6S2. The molecular weight excluding hydrogens is 490 g/mol. The van der Waals surface area contributed by atoms with Gasteiger partial charge in [-0.3, -0.25) is 19.5 Å². The van der Waals surface area contributed by atoms with Crippen molar-refractivity contribution in [1.29, 1.82) is 0 Å². The van der Waals surface area contributed by atoms with Crippen molar-refractivity contribution in [3.8, 4) is 5.75 Å². The van der Waals surface area contributed by atoms with Crippen LogP contribution in [0.3, 0.4) is 0 Å². The highest BCUT2D eigenvalue weighted by molar-refractivity contribution is 7.98. The van der Waals surface area contributed by atoms with E-state index in [-0.39, 0.29) is 22.3 Å². The van der Waals surface area contributed by atoms with Crippen molar-refractivity contribution < 1.29 is 19.6 Å². The summed E-state index contributed by atoms with van der Waals surface area (Å²) in [4.78, 5) is 42.9. The number of benzene rings is 2. The molecule has 0 saturated carbocycles. The number of thiazole rings is 1. The molecule has 1 aliphatic rings. The molecule has 0 amide bonds. The van der Waals surface area contributed by atoms with E-state index in [2.05, 4.69) is 4.99 Å². The summed E-state index contributed by atoms with van der Waals surface area (Å²) in [5, 5.41) is 21.5. The zero-order chi connectivity index (χ0) is 25.3. The molecule has 1 aliphatic heterocycles. The molecule has 35 heavy (non-hydrogen) atoms. The summed E-state index contributed by atoms with van der Waals surface area (Å²) in [6.45, 7) is 3.57. The Morgan fingerprint density at radius 3 is 2.66 bits per heavy atom. The number of allylic oxidation sites excluding steroid dienone is 1. The number of aromatic hydroxyl groups is 1. The van der Waals surface area contributed by atoms with Crippen LogP contribution in [0, 0.1) is 10.1 Å². The highest BCUT2D eigenvalue weighted by Crippen LogP contribution is 2.32. The molecule has 2 heterocycles. The van der Waals surface area contributed by atoms with Crippen LogP contribution in [0.25, 0.3) is 6.08 Å². The number of phenolic OH excluding ortho intramolecular Hbond substituents is 1. The highest BCUT2D eigenvalue weighted by atomic mass is 32.2. The maximum Gasteiger partial charge on any atom is 0.338 e. The van der Waals surface area contributed by atoms with E-state index in [9.17, 15) is 24.8 Å². The maximum atomic E-state index is 13.6. The van der Waals surface area contributed by atoms with Crippen molar-refractivity contribution in [2.24, 2.45) is 4.99 Å². The summed E-state index contributed by atoms with van der Waals surface area (Å²) in [6.07, 6.45) is 3.35. The maximum absolute atomic E-state index is 13.6. The fourth-order valence-corrected chi connectivity index (χ4v) is 5.29. The van der Waals surface area contributed by atoms with Gasteiger partial charge in [0.25, 0.3) is 5.56 Å². The molecule has 0 fully saturated rings. The van der Waals surface area contributed by atoms with Crippen LogP contribution in [-0.2, 0) is 9.53 Å². The van der Waals surface area contributed by atoms with E-state index >= 15 is 0 Å². The Hall–Kier alpha value is -3.70. The first-order valence-corrected chi connectivity index (χ1v) is 12.6. The van der Waals surface area contributed by atoms with E-state index in [1.807, 2.05) is 30.5 Å². The van der Waals surface area contributed by atoms with Gasteiger partial charge in [-0.25, -0.2) is 9.79 Å². The van der Waals surface area contributed by atoms with Gasteiger partial charge in [0.2, 0.25) is 5.75 Å². The monoisotopic (exact) mass is 511 g/mol. The first-order chi connectivity index (χ1) is 16.8. The molecule has 4 rings (SSSR count). The van der Waals surface area contributed by atoms with Gasteiger partial charge in [-0.1, -0.05) is 35.6 Å². The van der Waals surface area contributed by atoms with E-state index in [1.54, 1.807) is 25.6 Å². The SMILES string of the molecule is CCOC(=O)C1=C(C)N=c2sc(=Cc3cccc([N+](=O)[O-])c3O)c(=O)n2[C@H]1c1ccc(SC)cc1. The minimum Gasteiger partial charge on any atom is -0.502 e. The number of para-hydroxylation sites is 1. The minimum absolute atomic E-state index is 0.131. The van der Waals surface area contributed by atoms with Gasteiger partial charge in [0.15, 0.2) is 4.80 Å². The van der Waals surface area contributed by atoms with Crippen molar-refractivity contribution in [1.82, 2.24) is 4.57 Å². The lowest BCUT2D eigenvalue weighted by Gasteiger charge is -2.24. The van der Waals surface area contributed by atoms with Crippen LogP contribution in [0.15, 0.2) is 68.4 Å². The third-order valence-electron chi connectivity index (χ3n) is 5.48. The number of fused-ring (bicyclic) bond motifs is 1. The van der Waals surface area contributed by atoms with Crippen LogP contribution in [0.5, 0.6) is 5.75 Å². The van der Waals surface area contributed by atoms with Gasteiger partial charge in [-0.05, 0) is 43.9 Å². The van der Waals surface area contributed by atoms with Crippen molar-refractivity contribution in [2.45, 2.75) is 24.8 Å². The van der Waals surface area contributed by atoms with Gasteiger partial charge >= 0.3 is 11.7 Å². The summed E-state index contributed by atoms with van der Waals surface area (Å²) >= 11 is 2.65. The second-order valence-electron chi connectivity index (χ2n) is 7.55. The normalized spacial score (nSPS) is 15.5. The summed E-state index contributed by atoms with van der Waals surface area (Å²) in [6, 6.07) is 10.9. The van der Waals surface area contributed by atoms with Crippen molar-refractivity contribution in [3.63, 3.8) is 0 Å². The van der Waals surface area contributed by atoms with Crippen LogP contribution in [0.1, 0.15) is 31.0 Å². The number of thioether (sulfide) groups is 1. The number of phenols is 1. The molecule has 9 nitrogen and oxygen atoms in total. The zero-order valence-electron chi connectivity index (χ0n) is 19.0. The quantitative estimate of drug-likeness (QED) is 0.233. The van der Waals surface area contributed by atoms with Crippen molar-refractivity contribution in [2.75, 3.05) is 12.9 Å². The van der Waals surface area contributed by atoms with Crippen LogP contribution >= 0.6 is 23.1 Å². The van der Waals surface area contributed by atoms with E-state index in [4.69, 9.17) is 4.74 Å². The number of hydrogen-bond donors (Lipinski definition) is 1. The Morgan fingerprint density at radius 1 is 1.31 bits per heavy atom. The van der Waals surface area contributed by atoms with E-state index in [0.29, 0.717) is 16.1 Å². The molecule has 180 valence electrons. The van der Waals surface area contributed by atoms with Crippen molar-refractivity contribution in [3.05, 3.63) is 94.7 Å². The molecule has 0 unspecified atom stereocenters. The van der Waals surface area contributed by atoms with Gasteiger partial charge in [0, 0.05) is 16.5 Å². The Morgan fingerprint density at radius 2 is 2.03 bits per heavy atom. The lowest BCUT2D eigenvalue weighted by Crippen LogP contribution is -2.39. The lowest BCUT2D eigenvalue weighted by atomic mass is 9.96. The molecule has 2 aromatic carbocycles. The predicted octanol–water partition coefficient (Wildman–Crippen LogP) is 3.13. The number of rotatable bonds is 6. The van der Waals surface area contributed by atoms with E-state index in [0.717, 1.165) is 16.2 Å². The van der Waals surface area contributed by atoms with Crippen molar-refractivity contribution >= 4 is 40.8 Å². The molecule has 0 radical (unpaired) electrons. The number of aromatic nitrogens is 1. The molecule has 0 spiro atoms. The summed E-state index contributed by atoms with van der Waals surface area (Å²) in [5.74, 6) is -1.09. The van der Waals surface area contributed by atoms with Gasteiger partial charge in [-0.2, -0.15) is 0 Å². The fraction of sp³-hybridized carbons (Fsp3) is 0.208. The summed E-state index contributed by atoms with van der Waals surface area (Å²) in [7, 11) is 0. The Labute approximate surface area is 207 Å². The number of nitrogens with zero attached hydrogens (tertiary/aromatic N) is 3. The van der Waals surface area contributed by atoms with Crippen LogP contribution in [-0.4, -0.2) is 33.4 Å². The third-order valence-corrected chi connectivity index (χ3v) is 7.20. The molecule has 0 bridgehead atoms. The number of hydrogen-bond acceptors (Lipinski definition) is 9.